The zero-order valence-corrected chi connectivity index (χ0v) is 22.6. The average molecular weight is 512 g/mol. The van der Waals surface area contributed by atoms with E-state index in [0.29, 0.717) is 19.6 Å². The second-order valence-electron chi connectivity index (χ2n) is 10.7. The third kappa shape index (κ3) is 4.03. The van der Waals surface area contributed by atoms with Crippen molar-refractivity contribution >= 4 is 44.0 Å². The number of thiophene rings is 1. The zero-order valence-electron chi connectivity index (χ0n) is 21.7. The molecule has 3 heterocycles. The van der Waals surface area contributed by atoms with Crippen LogP contribution in [0.25, 0.3) is 20.9 Å². The molecule has 37 heavy (non-hydrogen) atoms. The molecule has 2 aliphatic heterocycles. The summed E-state index contributed by atoms with van der Waals surface area (Å²) >= 11 is 1.87. The number of piperazine rings is 2. The topological polar surface area (TPSA) is 43.9 Å². The van der Waals surface area contributed by atoms with Crippen LogP contribution < -0.4 is 0 Å². The van der Waals surface area contributed by atoms with Gasteiger partial charge in [0.25, 0.3) is 0 Å². The second-order valence-corrected chi connectivity index (χ2v) is 11.9. The Morgan fingerprint density at radius 2 is 1.62 bits per heavy atom. The molecule has 1 unspecified atom stereocenters. The maximum Gasteiger partial charge on any atom is 0.248 e. The summed E-state index contributed by atoms with van der Waals surface area (Å²) in [5, 5.41) is 3.59. The molecule has 4 aromatic rings. The highest BCUT2D eigenvalue weighted by Crippen LogP contribution is 2.35. The van der Waals surface area contributed by atoms with Crippen molar-refractivity contribution in [1.82, 2.24) is 14.7 Å². The SMILES string of the molecule is CCc1sc2ccccc2c1CN1CCN2C(=O)C(C)(C)N(Cc3cccc4ccccc34)C(=O)C2C1. The second kappa shape index (κ2) is 9.26. The van der Waals surface area contributed by atoms with Crippen molar-refractivity contribution in [1.29, 1.82) is 0 Å². The molecule has 2 aliphatic rings. The molecule has 0 aliphatic carbocycles. The number of benzene rings is 3. The van der Waals surface area contributed by atoms with Crippen LogP contribution in [0.15, 0.2) is 66.7 Å². The highest BCUT2D eigenvalue weighted by molar-refractivity contribution is 7.19. The largest absolute Gasteiger partial charge is 0.326 e. The van der Waals surface area contributed by atoms with Crippen molar-refractivity contribution in [2.24, 2.45) is 0 Å². The molecule has 0 spiro atoms. The lowest BCUT2D eigenvalue weighted by atomic mass is 9.90. The summed E-state index contributed by atoms with van der Waals surface area (Å²) in [5.41, 5.74) is 1.57. The minimum atomic E-state index is -0.883. The van der Waals surface area contributed by atoms with Gasteiger partial charge in [-0.15, -0.1) is 11.3 Å². The fourth-order valence-electron chi connectivity index (χ4n) is 6.07. The van der Waals surface area contributed by atoms with E-state index in [1.54, 1.807) is 0 Å². The van der Waals surface area contributed by atoms with Gasteiger partial charge in [0, 0.05) is 42.3 Å². The van der Waals surface area contributed by atoms with Crippen molar-refractivity contribution in [3.05, 3.63) is 82.7 Å². The number of amides is 2. The molecular formula is C31H33N3O2S. The number of rotatable bonds is 5. The first kappa shape index (κ1) is 24.1. The fraction of sp³-hybridized carbons (Fsp3) is 0.355. The van der Waals surface area contributed by atoms with E-state index in [9.17, 15) is 9.59 Å². The standard InChI is InChI=1S/C31H33N3O2S/c1-4-27-25(24-14-7-8-15-28(24)37-27)19-32-16-17-33-26(20-32)29(35)34(31(2,3)30(33)36)18-22-12-9-11-21-10-5-6-13-23(21)22/h5-15,26H,4,16-20H2,1-3H3. The highest BCUT2D eigenvalue weighted by atomic mass is 32.1. The number of carbonyl (C=O) groups is 2. The highest BCUT2D eigenvalue weighted by Gasteiger charge is 2.52. The molecular weight excluding hydrogens is 478 g/mol. The summed E-state index contributed by atoms with van der Waals surface area (Å²) in [6, 6.07) is 22.6. The fourth-order valence-corrected chi connectivity index (χ4v) is 7.22. The minimum Gasteiger partial charge on any atom is -0.326 e. The summed E-state index contributed by atoms with van der Waals surface area (Å²) in [6.45, 7) is 9.18. The van der Waals surface area contributed by atoms with E-state index in [0.717, 1.165) is 35.8 Å². The Bertz CT molecular complexity index is 1500. The Morgan fingerprint density at radius 1 is 0.892 bits per heavy atom. The van der Waals surface area contributed by atoms with Crippen LogP contribution >= 0.6 is 11.3 Å². The molecule has 0 radical (unpaired) electrons. The van der Waals surface area contributed by atoms with Crippen LogP contribution in [0, 0.1) is 0 Å². The van der Waals surface area contributed by atoms with Gasteiger partial charge in [0.1, 0.15) is 11.6 Å². The number of hydrogen-bond acceptors (Lipinski definition) is 4. The lowest BCUT2D eigenvalue weighted by Crippen LogP contribution is -2.73. The number of carbonyl (C=O) groups excluding carboxylic acids is 2. The van der Waals surface area contributed by atoms with Crippen LogP contribution in [0.5, 0.6) is 0 Å². The molecule has 2 saturated heterocycles. The quantitative estimate of drug-likeness (QED) is 0.358. The van der Waals surface area contributed by atoms with Crippen LogP contribution in [-0.2, 0) is 29.1 Å². The lowest BCUT2D eigenvalue weighted by molar-refractivity contribution is -0.173. The van der Waals surface area contributed by atoms with E-state index in [-0.39, 0.29) is 11.8 Å². The van der Waals surface area contributed by atoms with E-state index in [4.69, 9.17) is 0 Å². The third-order valence-electron chi connectivity index (χ3n) is 8.17. The Balaban J connectivity index is 1.29. The van der Waals surface area contributed by atoms with Crippen molar-refractivity contribution in [2.75, 3.05) is 19.6 Å². The van der Waals surface area contributed by atoms with Crippen molar-refractivity contribution in [3.63, 3.8) is 0 Å². The molecule has 3 aromatic carbocycles. The Labute approximate surface area is 222 Å². The Kier molecular flexibility index (Phi) is 6.04. The van der Waals surface area contributed by atoms with Crippen molar-refractivity contribution in [2.45, 2.75) is 51.9 Å². The third-order valence-corrected chi connectivity index (χ3v) is 9.53. The number of aryl methyl sites for hydroxylation is 1. The normalized spacial score (nSPS) is 20.1. The number of fused-ring (bicyclic) bond motifs is 3. The molecule has 2 fully saturated rings. The van der Waals surface area contributed by atoms with Gasteiger partial charge in [0.15, 0.2) is 0 Å². The Morgan fingerprint density at radius 3 is 2.43 bits per heavy atom. The van der Waals surface area contributed by atoms with E-state index >= 15 is 0 Å². The van der Waals surface area contributed by atoms with Crippen LogP contribution in [0.1, 0.15) is 36.8 Å². The summed E-state index contributed by atoms with van der Waals surface area (Å²) < 4.78 is 1.32. The van der Waals surface area contributed by atoms with Gasteiger partial charge < -0.3 is 9.80 Å². The minimum absolute atomic E-state index is 0.0483. The first-order valence-corrected chi connectivity index (χ1v) is 14.0. The summed E-state index contributed by atoms with van der Waals surface area (Å²) in [6.07, 6.45) is 1.00. The Hall–Kier alpha value is -3.22. The summed E-state index contributed by atoms with van der Waals surface area (Å²) in [7, 11) is 0. The van der Waals surface area contributed by atoms with Crippen LogP contribution in [0.2, 0.25) is 0 Å². The van der Waals surface area contributed by atoms with E-state index in [1.165, 1.54) is 20.5 Å². The van der Waals surface area contributed by atoms with Gasteiger partial charge in [-0.25, -0.2) is 0 Å². The predicted molar refractivity (Wildman–Crippen MR) is 151 cm³/mol. The molecule has 190 valence electrons. The molecule has 0 saturated carbocycles. The van der Waals surface area contributed by atoms with Gasteiger partial charge >= 0.3 is 0 Å². The lowest BCUT2D eigenvalue weighted by Gasteiger charge is -2.52. The maximum atomic E-state index is 14.1. The molecule has 1 aromatic heterocycles. The zero-order chi connectivity index (χ0) is 25.7. The summed E-state index contributed by atoms with van der Waals surface area (Å²) in [4.78, 5) is 35.2. The number of nitrogens with zero attached hydrogens (tertiary/aromatic N) is 3. The van der Waals surface area contributed by atoms with E-state index < -0.39 is 11.6 Å². The van der Waals surface area contributed by atoms with Gasteiger partial charge in [0.2, 0.25) is 11.8 Å². The number of hydrogen-bond donors (Lipinski definition) is 0. The molecule has 0 bridgehead atoms. The van der Waals surface area contributed by atoms with Crippen LogP contribution in [0.4, 0.5) is 0 Å². The first-order valence-electron chi connectivity index (χ1n) is 13.2. The molecule has 2 amide bonds. The van der Waals surface area contributed by atoms with Crippen LogP contribution in [0.3, 0.4) is 0 Å². The molecule has 6 rings (SSSR count). The molecule has 1 atom stereocenters. The monoisotopic (exact) mass is 511 g/mol. The maximum absolute atomic E-state index is 14.1. The smallest absolute Gasteiger partial charge is 0.248 e. The molecule has 0 N–H and O–H groups in total. The van der Waals surface area contributed by atoms with E-state index in [1.807, 2.05) is 53.2 Å². The van der Waals surface area contributed by atoms with Gasteiger partial charge in [-0.3, -0.25) is 14.5 Å². The van der Waals surface area contributed by atoms with Gasteiger partial charge in [-0.1, -0.05) is 67.6 Å². The summed E-state index contributed by atoms with van der Waals surface area (Å²) in [5.74, 6) is 0.0975. The van der Waals surface area contributed by atoms with E-state index in [2.05, 4.69) is 60.4 Å². The van der Waals surface area contributed by atoms with Crippen molar-refractivity contribution in [3.8, 4) is 0 Å². The van der Waals surface area contributed by atoms with Gasteiger partial charge in [0.05, 0.1) is 0 Å². The first-order chi connectivity index (χ1) is 17.9. The average Bonchev–Trinajstić information content (AvgIpc) is 3.27. The predicted octanol–water partition coefficient (Wildman–Crippen LogP) is 5.45. The molecule has 5 nitrogen and oxygen atoms in total. The van der Waals surface area contributed by atoms with Crippen molar-refractivity contribution < 1.29 is 9.59 Å². The van der Waals surface area contributed by atoms with Gasteiger partial charge in [-0.2, -0.15) is 0 Å². The molecule has 6 heteroatoms. The van der Waals surface area contributed by atoms with Gasteiger partial charge in [-0.05, 0) is 53.6 Å². The van der Waals surface area contributed by atoms with Crippen LogP contribution in [-0.4, -0.2) is 57.7 Å².